The Morgan fingerprint density at radius 1 is 1.54 bits per heavy atom. The summed E-state index contributed by atoms with van der Waals surface area (Å²) in [5, 5.41) is 21.4. The third-order valence-corrected chi connectivity index (χ3v) is 2.38. The maximum atomic E-state index is 9.65. The predicted octanol–water partition coefficient (Wildman–Crippen LogP) is 1.43. The minimum Gasteiger partial charge on any atom is -0.389 e. The lowest BCUT2D eigenvalue weighted by atomic mass is 9.99. The first kappa shape index (κ1) is 12.4. The number of aliphatic hydroxyl groups is 1. The number of hydrogen-bond donors (Lipinski definition) is 2. The van der Waals surface area contributed by atoms with Crippen LogP contribution in [0.1, 0.15) is 40.5 Å². The van der Waals surface area contributed by atoms with Crippen molar-refractivity contribution in [2.24, 2.45) is 0 Å². The second-order valence-electron chi connectivity index (χ2n) is 4.01. The van der Waals surface area contributed by atoms with Crippen LogP contribution in [0.4, 0.5) is 0 Å². The fourth-order valence-corrected chi connectivity index (χ4v) is 0.989. The first-order chi connectivity index (χ1) is 5.91. The van der Waals surface area contributed by atoms with Crippen molar-refractivity contribution < 1.29 is 5.11 Å². The molecule has 13 heavy (non-hydrogen) atoms. The average molecular weight is 184 g/mol. The molecule has 0 radical (unpaired) electrons. The lowest BCUT2D eigenvalue weighted by Gasteiger charge is -2.30. The van der Waals surface area contributed by atoms with E-state index in [0.29, 0.717) is 6.42 Å². The van der Waals surface area contributed by atoms with Crippen molar-refractivity contribution >= 4 is 0 Å². The van der Waals surface area contributed by atoms with Gasteiger partial charge in [0, 0.05) is 12.1 Å². The molecule has 3 heteroatoms. The first-order valence-electron chi connectivity index (χ1n) is 4.77. The third-order valence-electron chi connectivity index (χ3n) is 2.38. The van der Waals surface area contributed by atoms with Gasteiger partial charge in [-0.3, -0.25) is 0 Å². The summed E-state index contributed by atoms with van der Waals surface area (Å²) >= 11 is 0. The summed E-state index contributed by atoms with van der Waals surface area (Å²) in [4.78, 5) is 0. The van der Waals surface area contributed by atoms with Crippen molar-refractivity contribution in [1.29, 1.82) is 5.26 Å². The molecule has 2 N–H and O–H groups in total. The van der Waals surface area contributed by atoms with E-state index in [2.05, 4.69) is 11.4 Å². The van der Waals surface area contributed by atoms with Gasteiger partial charge in [0.15, 0.2) is 0 Å². The highest BCUT2D eigenvalue weighted by Gasteiger charge is 2.23. The van der Waals surface area contributed by atoms with E-state index in [4.69, 9.17) is 5.26 Å². The van der Waals surface area contributed by atoms with Crippen LogP contribution in [-0.4, -0.2) is 22.8 Å². The van der Waals surface area contributed by atoms with Crippen LogP contribution >= 0.6 is 0 Å². The Morgan fingerprint density at radius 2 is 2.08 bits per heavy atom. The summed E-state index contributed by atoms with van der Waals surface area (Å²) in [5.41, 5.74) is -0.733. The van der Waals surface area contributed by atoms with Crippen molar-refractivity contribution in [1.82, 2.24) is 5.32 Å². The van der Waals surface area contributed by atoms with E-state index in [1.54, 1.807) is 13.8 Å². The summed E-state index contributed by atoms with van der Waals surface area (Å²) < 4.78 is 0. The summed E-state index contributed by atoms with van der Waals surface area (Å²) in [6, 6.07) is 2.32. The second-order valence-corrected chi connectivity index (χ2v) is 4.01. The molecule has 0 fully saturated rings. The molecule has 0 aromatic carbocycles. The zero-order valence-electron chi connectivity index (χ0n) is 8.96. The van der Waals surface area contributed by atoms with Crippen LogP contribution in [0, 0.1) is 11.3 Å². The lowest BCUT2D eigenvalue weighted by molar-refractivity contribution is 0.0398. The van der Waals surface area contributed by atoms with Gasteiger partial charge in [0.25, 0.3) is 0 Å². The molecule has 0 aliphatic heterocycles. The van der Waals surface area contributed by atoms with E-state index in [0.717, 1.165) is 6.42 Å². The topological polar surface area (TPSA) is 56.0 Å². The van der Waals surface area contributed by atoms with Gasteiger partial charge in [0.05, 0.1) is 18.1 Å². The molecule has 0 aliphatic carbocycles. The molecule has 2 atom stereocenters. The van der Waals surface area contributed by atoms with Gasteiger partial charge in [0.2, 0.25) is 0 Å². The number of rotatable bonds is 5. The zero-order chi connectivity index (χ0) is 10.5. The second kappa shape index (κ2) is 5.21. The van der Waals surface area contributed by atoms with Crippen molar-refractivity contribution in [2.75, 3.05) is 0 Å². The summed E-state index contributed by atoms with van der Waals surface area (Å²) in [6.45, 7) is 7.50. The van der Waals surface area contributed by atoms with Gasteiger partial charge in [-0.1, -0.05) is 6.92 Å². The highest BCUT2D eigenvalue weighted by Crippen LogP contribution is 2.10. The summed E-state index contributed by atoms with van der Waals surface area (Å²) in [5.74, 6) is 0. The number of nitrogens with zero attached hydrogens (tertiary/aromatic N) is 1. The van der Waals surface area contributed by atoms with E-state index < -0.39 is 5.60 Å². The van der Waals surface area contributed by atoms with Gasteiger partial charge in [-0.25, -0.2) is 0 Å². The van der Waals surface area contributed by atoms with E-state index in [9.17, 15) is 5.11 Å². The minimum absolute atomic E-state index is 0.00537. The smallest absolute Gasteiger partial charge is 0.0741 e. The largest absolute Gasteiger partial charge is 0.389 e. The fourth-order valence-electron chi connectivity index (χ4n) is 0.989. The van der Waals surface area contributed by atoms with Crippen LogP contribution in [0.25, 0.3) is 0 Å². The van der Waals surface area contributed by atoms with E-state index in [1.165, 1.54) is 0 Å². The van der Waals surface area contributed by atoms with Crippen LogP contribution in [0.3, 0.4) is 0 Å². The van der Waals surface area contributed by atoms with Crippen LogP contribution in [0.15, 0.2) is 0 Å². The van der Waals surface area contributed by atoms with Crippen molar-refractivity contribution in [3.05, 3.63) is 0 Å². The molecule has 0 rings (SSSR count). The van der Waals surface area contributed by atoms with Crippen molar-refractivity contribution in [3.8, 4) is 6.07 Å². The molecule has 0 aromatic heterocycles. The van der Waals surface area contributed by atoms with E-state index >= 15 is 0 Å². The Morgan fingerprint density at radius 3 is 2.38 bits per heavy atom. The molecule has 76 valence electrons. The highest BCUT2D eigenvalue weighted by atomic mass is 16.3. The Balaban J connectivity index is 4.02. The molecular weight excluding hydrogens is 164 g/mol. The maximum Gasteiger partial charge on any atom is 0.0741 e. The molecule has 0 saturated heterocycles. The molecule has 0 spiro atoms. The summed E-state index contributed by atoms with van der Waals surface area (Å²) in [6.07, 6.45) is 1.41. The Bertz CT molecular complexity index is 178. The van der Waals surface area contributed by atoms with Crippen LogP contribution in [0.2, 0.25) is 0 Å². The minimum atomic E-state index is -0.733. The van der Waals surface area contributed by atoms with E-state index in [-0.39, 0.29) is 12.1 Å². The monoisotopic (exact) mass is 184 g/mol. The predicted molar refractivity (Wildman–Crippen MR) is 53.2 cm³/mol. The molecule has 0 bridgehead atoms. The number of nitriles is 1. The zero-order valence-corrected chi connectivity index (χ0v) is 8.96. The van der Waals surface area contributed by atoms with Gasteiger partial charge in [0.1, 0.15) is 0 Å². The van der Waals surface area contributed by atoms with Gasteiger partial charge in [-0.15, -0.1) is 0 Å². The molecule has 0 amide bonds. The molecule has 0 aliphatic rings. The van der Waals surface area contributed by atoms with E-state index in [1.807, 2.05) is 13.8 Å². The van der Waals surface area contributed by atoms with Crippen LogP contribution < -0.4 is 5.32 Å². The first-order valence-corrected chi connectivity index (χ1v) is 4.77. The number of hydrogen-bond acceptors (Lipinski definition) is 3. The fraction of sp³-hybridized carbons (Fsp3) is 0.900. The molecule has 0 saturated carbocycles. The van der Waals surface area contributed by atoms with Crippen molar-refractivity contribution in [2.45, 2.75) is 58.2 Å². The van der Waals surface area contributed by atoms with Gasteiger partial charge < -0.3 is 10.4 Å². The summed E-state index contributed by atoms with van der Waals surface area (Å²) in [7, 11) is 0. The molecule has 0 aromatic rings. The average Bonchev–Trinajstić information content (AvgIpc) is 2.01. The quantitative estimate of drug-likeness (QED) is 0.679. The highest BCUT2D eigenvalue weighted by molar-refractivity contribution is 4.86. The Hall–Kier alpha value is -0.590. The number of nitrogens with one attached hydrogen (secondary N) is 1. The Kier molecular flexibility index (Phi) is 4.97. The SMILES string of the molecule is CCC(CC#N)NC(C)C(C)(C)O. The van der Waals surface area contributed by atoms with Gasteiger partial charge >= 0.3 is 0 Å². The normalized spacial score (nSPS) is 16.3. The third kappa shape index (κ3) is 4.87. The molecular formula is C10H20N2O. The van der Waals surface area contributed by atoms with Gasteiger partial charge in [-0.2, -0.15) is 5.26 Å². The molecule has 3 nitrogen and oxygen atoms in total. The lowest BCUT2D eigenvalue weighted by Crippen LogP contribution is -2.48. The maximum absolute atomic E-state index is 9.65. The van der Waals surface area contributed by atoms with Crippen molar-refractivity contribution in [3.63, 3.8) is 0 Å². The molecule has 2 unspecified atom stereocenters. The standard InChI is InChI=1S/C10H20N2O/c1-5-9(6-7-11)12-8(2)10(3,4)13/h8-9,12-13H,5-6H2,1-4H3. The van der Waals surface area contributed by atoms with Gasteiger partial charge in [-0.05, 0) is 27.2 Å². The molecule has 0 heterocycles. The van der Waals surface area contributed by atoms with Crippen LogP contribution in [0.5, 0.6) is 0 Å². The Labute approximate surface area is 80.8 Å². The van der Waals surface area contributed by atoms with Crippen LogP contribution in [-0.2, 0) is 0 Å².